The van der Waals surface area contributed by atoms with Gasteiger partial charge in [-0.05, 0) is 51.1 Å². The van der Waals surface area contributed by atoms with Crippen LogP contribution < -0.4 is 10.6 Å². The zero-order chi connectivity index (χ0) is 13.9. The van der Waals surface area contributed by atoms with Crippen LogP contribution in [0.4, 0.5) is 0 Å². The highest BCUT2D eigenvalue weighted by atomic mass is 16.1. The van der Waals surface area contributed by atoms with Gasteiger partial charge < -0.3 is 10.6 Å². The van der Waals surface area contributed by atoms with Crippen LogP contribution in [0.5, 0.6) is 0 Å². The highest BCUT2D eigenvalue weighted by molar-refractivity contribution is 5.76. The van der Waals surface area contributed by atoms with Crippen LogP contribution in [0, 0.1) is 5.92 Å². The van der Waals surface area contributed by atoms with E-state index >= 15 is 0 Å². The van der Waals surface area contributed by atoms with Gasteiger partial charge in [0.1, 0.15) is 0 Å². The van der Waals surface area contributed by atoms with E-state index in [2.05, 4.69) is 15.7 Å². The van der Waals surface area contributed by atoms with E-state index < -0.39 is 0 Å². The quantitative estimate of drug-likeness (QED) is 0.875. The van der Waals surface area contributed by atoms with E-state index in [1.54, 1.807) is 0 Å². The van der Waals surface area contributed by atoms with Crippen molar-refractivity contribution < 1.29 is 4.79 Å². The molecule has 1 unspecified atom stereocenters. The molecular weight excluding hydrogens is 252 g/mol. The maximum absolute atomic E-state index is 12.2. The van der Waals surface area contributed by atoms with Crippen molar-refractivity contribution in [2.45, 2.75) is 44.6 Å². The molecule has 3 rings (SSSR count). The molecule has 1 aliphatic carbocycles. The molecule has 2 N–H and O–H groups in total. The van der Waals surface area contributed by atoms with E-state index in [4.69, 9.17) is 0 Å². The van der Waals surface area contributed by atoms with Crippen molar-refractivity contribution in [3.05, 3.63) is 17.5 Å². The van der Waals surface area contributed by atoms with Crippen LogP contribution in [0.1, 0.15) is 49.4 Å². The van der Waals surface area contributed by atoms with E-state index in [0.29, 0.717) is 12.3 Å². The molecule has 1 aliphatic heterocycles. The molecule has 5 nitrogen and oxygen atoms in total. The number of nitrogens with one attached hydrogen (secondary N) is 2. The molecule has 0 radical (unpaired) electrons. The van der Waals surface area contributed by atoms with Crippen LogP contribution in [-0.4, -0.2) is 28.8 Å². The molecular formula is C15H24N4O. The summed E-state index contributed by atoms with van der Waals surface area (Å²) in [5, 5.41) is 10.9. The van der Waals surface area contributed by atoms with Crippen molar-refractivity contribution in [1.29, 1.82) is 0 Å². The topological polar surface area (TPSA) is 59.0 Å². The smallest absolute Gasteiger partial charge is 0.220 e. The highest BCUT2D eigenvalue weighted by Crippen LogP contribution is 2.29. The monoisotopic (exact) mass is 276 g/mol. The number of aryl methyl sites for hydroxylation is 1. The Balaban J connectivity index is 1.59. The third kappa shape index (κ3) is 2.87. The Labute approximate surface area is 120 Å². The van der Waals surface area contributed by atoms with Gasteiger partial charge in [0.05, 0.1) is 12.2 Å². The summed E-state index contributed by atoms with van der Waals surface area (Å²) < 4.78 is 1.94. The number of piperidine rings is 1. The Morgan fingerprint density at radius 3 is 3.05 bits per heavy atom. The fourth-order valence-electron chi connectivity index (χ4n) is 3.46. The maximum atomic E-state index is 12.2. The van der Waals surface area contributed by atoms with Crippen molar-refractivity contribution in [1.82, 2.24) is 20.4 Å². The van der Waals surface area contributed by atoms with Crippen molar-refractivity contribution in [3.8, 4) is 0 Å². The zero-order valence-electron chi connectivity index (χ0n) is 12.2. The summed E-state index contributed by atoms with van der Waals surface area (Å²) in [4.78, 5) is 12.2. The first-order valence-electron chi connectivity index (χ1n) is 7.75. The number of fused-ring (bicyclic) bond motifs is 1. The molecule has 20 heavy (non-hydrogen) atoms. The Hall–Kier alpha value is -1.36. The SMILES string of the molecule is Cn1ncc2c1CCCC2NC(=O)CC1CCNCC1. The number of carbonyl (C=O) groups excluding carboxylic acids is 1. The molecule has 1 saturated heterocycles. The van der Waals surface area contributed by atoms with Gasteiger partial charge in [0, 0.05) is 24.7 Å². The van der Waals surface area contributed by atoms with Gasteiger partial charge in [-0.2, -0.15) is 5.10 Å². The Kier molecular flexibility index (Phi) is 4.05. The minimum Gasteiger partial charge on any atom is -0.349 e. The van der Waals surface area contributed by atoms with Crippen molar-refractivity contribution in [3.63, 3.8) is 0 Å². The van der Waals surface area contributed by atoms with Crippen molar-refractivity contribution in [2.75, 3.05) is 13.1 Å². The molecule has 0 bridgehead atoms. The second-order valence-corrected chi connectivity index (χ2v) is 6.08. The van der Waals surface area contributed by atoms with Gasteiger partial charge in [-0.1, -0.05) is 0 Å². The van der Waals surface area contributed by atoms with Crippen LogP contribution in [-0.2, 0) is 18.3 Å². The fraction of sp³-hybridized carbons (Fsp3) is 0.733. The van der Waals surface area contributed by atoms with Gasteiger partial charge in [-0.25, -0.2) is 0 Å². The Morgan fingerprint density at radius 1 is 1.45 bits per heavy atom. The summed E-state index contributed by atoms with van der Waals surface area (Å²) in [7, 11) is 1.98. The second kappa shape index (κ2) is 5.95. The number of hydrogen-bond donors (Lipinski definition) is 2. The lowest BCUT2D eigenvalue weighted by atomic mass is 9.91. The minimum absolute atomic E-state index is 0.168. The van der Waals surface area contributed by atoms with E-state index in [0.717, 1.165) is 45.2 Å². The third-order valence-electron chi connectivity index (χ3n) is 4.64. The molecule has 2 aliphatic rings. The Bertz CT molecular complexity index is 476. The highest BCUT2D eigenvalue weighted by Gasteiger charge is 2.25. The molecule has 1 amide bonds. The lowest BCUT2D eigenvalue weighted by Crippen LogP contribution is -2.35. The lowest BCUT2D eigenvalue weighted by molar-refractivity contribution is -0.123. The first-order chi connectivity index (χ1) is 9.74. The summed E-state index contributed by atoms with van der Waals surface area (Å²) in [6.45, 7) is 2.10. The molecule has 5 heteroatoms. The summed E-state index contributed by atoms with van der Waals surface area (Å²) >= 11 is 0. The average Bonchev–Trinajstić information content (AvgIpc) is 2.83. The minimum atomic E-state index is 0.168. The molecule has 110 valence electrons. The second-order valence-electron chi connectivity index (χ2n) is 6.08. The van der Waals surface area contributed by atoms with Crippen molar-refractivity contribution >= 4 is 5.91 Å². The molecule has 1 aromatic rings. The predicted molar refractivity (Wildman–Crippen MR) is 77.2 cm³/mol. The van der Waals surface area contributed by atoms with E-state index in [1.807, 2.05) is 17.9 Å². The summed E-state index contributed by atoms with van der Waals surface area (Å²) in [5.74, 6) is 0.756. The molecule has 1 aromatic heterocycles. The maximum Gasteiger partial charge on any atom is 0.220 e. The summed E-state index contributed by atoms with van der Waals surface area (Å²) in [6, 6.07) is 0.168. The van der Waals surface area contributed by atoms with Crippen LogP contribution in [0.15, 0.2) is 6.20 Å². The predicted octanol–water partition coefficient (Wildman–Crippen LogP) is 1.30. The van der Waals surface area contributed by atoms with Gasteiger partial charge in [0.25, 0.3) is 0 Å². The average molecular weight is 276 g/mol. The third-order valence-corrected chi connectivity index (χ3v) is 4.64. The standard InChI is InChI=1S/C15H24N4O/c1-19-14-4-2-3-13(12(14)10-17-19)18-15(20)9-11-5-7-16-8-6-11/h10-11,13,16H,2-9H2,1H3,(H,18,20). The summed E-state index contributed by atoms with van der Waals surface area (Å²) in [5.41, 5.74) is 2.50. The normalized spacial score (nSPS) is 23.4. The van der Waals surface area contributed by atoms with Crippen LogP contribution in [0.2, 0.25) is 0 Å². The fourth-order valence-corrected chi connectivity index (χ4v) is 3.46. The molecule has 0 saturated carbocycles. The number of nitrogens with zero attached hydrogens (tertiary/aromatic N) is 2. The molecule has 0 spiro atoms. The van der Waals surface area contributed by atoms with Crippen LogP contribution in [0.3, 0.4) is 0 Å². The first kappa shape index (κ1) is 13.6. The van der Waals surface area contributed by atoms with E-state index in [-0.39, 0.29) is 11.9 Å². The van der Waals surface area contributed by atoms with E-state index in [9.17, 15) is 4.79 Å². The lowest BCUT2D eigenvalue weighted by Gasteiger charge is -2.26. The van der Waals surface area contributed by atoms with Gasteiger partial charge in [-0.3, -0.25) is 9.48 Å². The van der Waals surface area contributed by atoms with Gasteiger partial charge in [0.15, 0.2) is 0 Å². The molecule has 0 aromatic carbocycles. The van der Waals surface area contributed by atoms with Crippen LogP contribution >= 0.6 is 0 Å². The van der Waals surface area contributed by atoms with Crippen molar-refractivity contribution in [2.24, 2.45) is 13.0 Å². The zero-order valence-corrected chi connectivity index (χ0v) is 12.2. The van der Waals surface area contributed by atoms with Gasteiger partial charge >= 0.3 is 0 Å². The first-order valence-corrected chi connectivity index (χ1v) is 7.75. The number of amides is 1. The number of rotatable bonds is 3. The molecule has 1 fully saturated rings. The molecule has 2 heterocycles. The molecule has 1 atom stereocenters. The Morgan fingerprint density at radius 2 is 2.25 bits per heavy atom. The largest absolute Gasteiger partial charge is 0.349 e. The van der Waals surface area contributed by atoms with Gasteiger partial charge in [-0.15, -0.1) is 0 Å². The number of carbonyl (C=O) groups is 1. The number of aromatic nitrogens is 2. The van der Waals surface area contributed by atoms with Gasteiger partial charge in [0.2, 0.25) is 5.91 Å². The van der Waals surface area contributed by atoms with Crippen LogP contribution in [0.25, 0.3) is 0 Å². The number of hydrogen-bond acceptors (Lipinski definition) is 3. The van der Waals surface area contributed by atoms with E-state index in [1.165, 1.54) is 11.3 Å². The summed E-state index contributed by atoms with van der Waals surface area (Å²) in [6.07, 6.45) is 8.08.